The van der Waals surface area contributed by atoms with Gasteiger partial charge >= 0.3 is 0 Å². The lowest BCUT2D eigenvalue weighted by molar-refractivity contribution is 0.0878. The van der Waals surface area contributed by atoms with Crippen molar-refractivity contribution in [3.63, 3.8) is 0 Å². The van der Waals surface area contributed by atoms with Gasteiger partial charge in [0.25, 0.3) is 5.91 Å². The second-order valence-electron chi connectivity index (χ2n) is 4.20. The van der Waals surface area contributed by atoms with Crippen molar-refractivity contribution in [1.82, 2.24) is 15.5 Å². The van der Waals surface area contributed by atoms with Gasteiger partial charge in [0, 0.05) is 12.7 Å². The topological polar surface area (TPSA) is 83.8 Å². The minimum absolute atomic E-state index is 0. The number of carbonyl (C=O) groups is 1. The number of rotatable bonds is 4. The Balaban J connectivity index is 0.00000225. The van der Waals surface area contributed by atoms with Crippen molar-refractivity contribution in [2.45, 2.75) is 26.3 Å². The Morgan fingerprint density at radius 2 is 2.31 bits per heavy atom. The molecule has 0 saturated carbocycles. The molecular weight excluding hydrogens is 228 g/mol. The molecule has 16 heavy (non-hydrogen) atoms. The number of aromatic nitrogens is 2. The summed E-state index contributed by atoms with van der Waals surface area (Å²) < 4.78 is 0. The van der Waals surface area contributed by atoms with Gasteiger partial charge in [-0.25, -0.2) is 0 Å². The van der Waals surface area contributed by atoms with E-state index in [1.54, 1.807) is 12.3 Å². The maximum Gasteiger partial charge on any atom is 0.269 e. The van der Waals surface area contributed by atoms with Crippen LogP contribution in [0.25, 0.3) is 0 Å². The molecule has 1 aromatic heterocycles. The van der Waals surface area contributed by atoms with E-state index >= 15 is 0 Å². The molecule has 5 nitrogen and oxygen atoms in total. The molecule has 1 rings (SSSR count). The van der Waals surface area contributed by atoms with Crippen molar-refractivity contribution in [2.24, 2.45) is 11.7 Å². The number of hydrogen-bond donors (Lipinski definition) is 3. The number of carbonyl (C=O) groups excluding carboxylic acids is 1. The van der Waals surface area contributed by atoms with E-state index in [1.807, 2.05) is 20.8 Å². The fraction of sp³-hybridized carbons (Fsp3) is 0.600. The molecular formula is C10H19ClN4O. The van der Waals surface area contributed by atoms with Gasteiger partial charge in [-0.1, -0.05) is 13.8 Å². The first-order chi connectivity index (χ1) is 6.99. The first kappa shape index (κ1) is 14.9. The normalized spacial score (nSPS) is 14.1. The Bertz CT molecular complexity index is 326. The van der Waals surface area contributed by atoms with Gasteiger partial charge in [0.1, 0.15) is 5.69 Å². The Labute approximate surface area is 102 Å². The average Bonchev–Trinajstić information content (AvgIpc) is 2.70. The number of nitrogens with one attached hydrogen (secondary N) is 2. The second-order valence-corrected chi connectivity index (χ2v) is 4.20. The van der Waals surface area contributed by atoms with Crippen LogP contribution in [0, 0.1) is 5.92 Å². The smallest absolute Gasteiger partial charge is 0.269 e. The number of nitrogens with two attached hydrogens (primary N) is 1. The number of hydrogen-bond acceptors (Lipinski definition) is 3. The molecule has 0 bridgehead atoms. The SMILES string of the molecule is CC(C)C(C)(CN)NC(=O)c1ccn[nH]1.Cl. The van der Waals surface area contributed by atoms with Crippen LogP contribution in [-0.4, -0.2) is 28.2 Å². The van der Waals surface area contributed by atoms with E-state index in [4.69, 9.17) is 5.73 Å². The highest BCUT2D eigenvalue weighted by atomic mass is 35.5. The average molecular weight is 247 g/mol. The summed E-state index contributed by atoms with van der Waals surface area (Å²) in [5.41, 5.74) is 5.74. The summed E-state index contributed by atoms with van der Waals surface area (Å²) in [7, 11) is 0. The van der Waals surface area contributed by atoms with Gasteiger partial charge in [-0.05, 0) is 18.9 Å². The molecule has 92 valence electrons. The number of amides is 1. The number of H-pyrrole nitrogens is 1. The molecule has 0 saturated heterocycles. The van der Waals surface area contributed by atoms with Crippen molar-refractivity contribution in [1.29, 1.82) is 0 Å². The standard InChI is InChI=1S/C10H18N4O.ClH/c1-7(2)10(3,6-11)13-9(15)8-4-5-12-14-8;/h4-5,7H,6,11H2,1-3H3,(H,12,14)(H,13,15);1H. The van der Waals surface area contributed by atoms with Crippen LogP contribution in [0.3, 0.4) is 0 Å². The zero-order valence-electron chi connectivity index (χ0n) is 9.78. The van der Waals surface area contributed by atoms with Gasteiger partial charge in [0.15, 0.2) is 0 Å². The molecule has 0 spiro atoms. The van der Waals surface area contributed by atoms with E-state index < -0.39 is 0 Å². The summed E-state index contributed by atoms with van der Waals surface area (Å²) in [5.74, 6) is 0.100. The third-order valence-electron chi connectivity index (χ3n) is 2.84. The predicted octanol–water partition coefficient (Wildman–Crippen LogP) is 0.935. The lowest BCUT2D eigenvalue weighted by Crippen LogP contribution is -2.55. The summed E-state index contributed by atoms with van der Waals surface area (Å²) in [4.78, 5) is 11.7. The molecule has 1 amide bonds. The zero-order chi connectivity index (χ0) is 11.5. The van der Waals surface area contributed by atoms with E-state index in [9.17, 15) is 4.79 Å². The maximum atomic E-state index is 11.7. The fourth-order valence-corrected chi connectivity index (χ4v) is 1.14. The van der Waals surface area contributed by atoms with Crippen LogP contribution in [0.15, 0.2) is 12.3 Å². The van der Waals surface area contributed by atoms with Gasteiger partial charge in [0.2, 0.25) is 0 Å². The maximum absolute atomic E-state index is 11.7. The predicted molar refractivity (Wildman–Crippen MR) is 65.6 cm³/mol. The Kier molecular flexibility index (Phi) is 5.47. The van der Waals surface area contributed by atoms with E-state index in [1.165, 1.54) is 0 Å². The second kappa shape index (κ2) is 5.86. The fourth-order valence-electron chi connectivity index (χ4n) is 1.14. The first-order valence-electron chi connectivity index (χ1n) is 5.01. The summed E-state index contributed by atoms with van der Waals surface area (Å²) in [6, 6.07) is 1.63. The van der Waals surface area contributed by atoms with E-state index in [0.29, 0.717) is 12.2 Å². The third kappa shape index (κ3) is 3.21. The Morgan fingerprint density at radius 1 is 1.69 bits per heavy atom. The van der Waals surface area contributed by atoms with Gasteiger partial charge in [0.05, 0.1) is 5.54 Å². The highest BCUT2D eigenvalue weighted by Gasteiger charge is 2.29. The largest absolute Gasteiger partial charge is 0.344 e. The highest BCUT2D eigenvalue weighted by molar-refractivity contribution is 5.92. The zero-order valence-corrected chi connectivity index (χ0v) is 10.6. The van der Waals surface area contributed by atoms with E-state index in [0.717, 1.165) is 0 Å². The molecule has 6 heteroatoms. The molecule has 0 fully saturated rings. The van der Waals surface area contributed by atoms with Crippen LogP contribution >= 0.6 is 12.4 Å². The van der Waals surface area contributed by atoms with Crippen LogP contribution in [0.4, 0.5) is 0 Å². The number of aromatic amines is 1. The molecule has 0 radical (unpaired) electrons. The third-order valence-corrected chi connectivity index (χ3v) is 2.84. The molecule has 1 unspecified atom stereocenters. The van der Waals surface area contributed by atoms with Crippen molar-refractivity contribution in [3.8, 4) is 0 Å². The van der Waals surface area contributed by atoms with Crippen LogP contribution < -0.4 is 11.1 Å². The van der Waals surface area contributed by atoms with E-state index in [-0.39, 0.29) is 29.8 Å². The highest BCUT2D eigenvalue weighted by Crippen LogP contribution is 2.15. The minimum atomic E-state index is -0.387. The molecule has 0 aliphatic carbocycles. The van der Waals surface area contributed by atoms with Gasteiger partial charge < -0.3 is 11.1 Å². The Morgan fingerprint density at radius 3 is 2.69 bits per heavy atom. The van der Waals surface area contributed by atoms with Gasteiger partial charge in [-0.15, -0.1) is 12.4 Å². The van der Waals surface area contributed by atoms with E-state index in [2.05, 4.69) is 15.5 Å². The number of nitrogens with zero attached hydrogens (tertiary/aromatic N) is 1. The van der Waals surface area contributed by atoms with Gasteiger partial charge in [-0.3, -0.25) is 9.89 Å². The van der Waals surface area contributed by atoms with Crippen molar-refractivity contribution in [2.75, 3.05) is 6.54 Å². The molecule has 0 aliphatic heterocycles. The number of halogens is 1. The molecule has 4 N–H and O–H groups in total. The van der Waals surface area contributed by atoms with Crippen molar-refractivity contribution < 1.29 is 4.79 Å². The molecule has 1 aromatic rings. The van der Waals surface area contributed by atoms with Crippen LogP contribution in [0.1, 0.15) is 31.3 Å². The lowest BCUT2D eigenvalue weighted by Gasteiger charge is -2.33. The quantitative estimate of drug-likeness (QED) is 0.739. The molecule has 0 aliphatic rings. The summed E-state index contributed by atoms with van der Waals surface area (Å²) in [6.45, 7) is 6.40. The first-order valence-corrected chi connectivity index (χ1v) is 5.01. The molecule has 1 heterocycles. The molecule has 0 aromatic carbocycles. The van der Waals surface area contributed by atoms with Crippen molar-refractivity contribution in [3.05, 3.63) is 18.0 Å². The molecule has 1 atom stereocenters. The lowest BCUT2D eigenvalue weighted by atomic mass is 9.88. The minimum Gasteiger partial charge on any atom is -0.344 e. The summed E-state index contributed by atoms with van der Waals surface area (Å²) in [6.07, 6.45) is 1.55. The summed E-state index contributed by atoms with van der Waals surface area (Å²) >= 11 is 0. The van der Waals surface area contributed by atoms with Gasteiger partial charge in [-0.2, -0.15) is 5.10 Å². The van der Waals surface area contributed by atoms with Crippen LogP contribution in [-0.2, 0) is 0 Å². The monoisotopic (exact) mass is 246 g/mol. The Hall–Kier alpha value is -1.07. The van der Waals surface area contributed by atoms with Crippen LogP contribution in [0.2, 0.25) is 0 Å². The van der Waals surface area contributed by atoms with Crippen molar-refractivity contribution >= 4 is 18.3 Å². The summed E-state index contributed by atoms with van der Waals surface area (Å²) in [5, 5.41) is 9.26. The van der Waals surface area contributed by atoms with Crippen LogP contribution in [0.5, 0.6) is 0 Å².